The van der Waals surface area contributed by atoms with Crippen molar-refractivity contribution in [1.82, 2.24) is 4.90 Å². The van der Waals surface area contributed by atoms with E-state index in [1.165, 1.54) is 0 Å². The molecule has 3 nitrogen and oxygen atoms in total. The van der Waals surface area contributed by atoms with Crippen LogP contribution in [-0.2, 0) is 4.74 Å². The van der Waals surface area contributed by atoms with E-state index in [1.54, 1.807) is 4.90 Å². The molecule has 1 aliphatic rings. The van der Waals surface area contributed by atoms with Gasteiger partial charge in [-0.1, -0.05) is 18.6 Å². The highest BCUT2D eigenvalue weighted by Crippen LogP contribution is 2.16. The van der Waals surface area contributed by atoms with Crippen molar-refractivity contribution >= 4 is 23.3 Å². The van der Waals surface area contributed by atoms with Gasteiger partial charge in [-0.15, -0.1) is 0 Å². The minimum atomic E-state index is -0.445. The molecule has 1 amide bonds. The molecule has 1 heterocycles. The molecule has 1 saturated heterocycles. The summed E-state index contributed by atoms with van der Waals surface area (Å²) in [6.45, 7) is 6.30. The summed E-state index contributed by atoms with van der Waals surface area (Å²) in [6.07, 6.45) is 3.76. The number of nitrogens with zero attached hydrogens (tertiary/aromatic N) is 1. The number of hydrogen-bond acceptors (Lipinski definition) is 3. The molecule has 15 heavy (non-hydrogen) atoms. The largest absolute Gasteiger partial charge is 0.443 e. The molecule has 0 aliphatic carbocycles. The van der Waals surface area contributed by atoms with Gasteiger partial charge in [0.15, 0.2) is 0 Å². The number of carbonyl (C=O) groups is 1. The molecule has 0 atom stereocenters. The van der Waals surface area contributed by atoms with E-state index in [0.29, 0.717) is 6.54 Å². The number of amides is 1. The van der Waals surface area contributed by atoms with Crippen LogP contribution in [0.25, 0.3) is 0 Å². The molecule has 0 aromatic carbocycles. The average molecular weight is 229 g/mol. The zero-order valence-electron chi connectivity index (χ0n) is 9.71. The van der Waals surface area contributed by atoms with Gasteiger partial charge in [-0.25, -0.2) is 4.79 Å². The minimum absolute atomic E-state index is 0.297. The summed E-state index contributed by atoms with van der Waals surface area (Å²) < 4.78 is 5.30. The SMILES string of the molecule is CC(C)(C)OC(=O)N1CCCCCC1=S. The van der Waals surface area contributed by atoms with E-state index in [-0.39, 0.29) is 6.09 Å². The van der Waals surface area contributed by atoms with Gasteiger partial charge < -0.3 is 4.74 Å². The predicted molar refractivity (Wildman–Crippen MR) is 64.0 cm³/mol. The summed E-state index contributed by atoms with van der Waals surface area (Å²) in [7, 11) is 0. The molecule has 0 N–H and O–H groups in total. The third kappa shape index (κ3) is 4.16. The van der Waals surface area contributed by atoms with Gasteiger partial charge in [0.05, 0.1) is 4.99 Å². The Morgan fingerprint density at radius 1 is 1.33 bits per heavy atom. The van der Waals surface area contributed by atoms with Crippen LogP contribution in [0.3, 0.4) is 0 Å². The summed E-state index contributed by atoms with van der Waals surface area (Å²) in [5.74, 6) is 0. The number of carbonyl (C=O) groups excluding carboxylic acids is 1. The van der Waals surface area contributed by atoms with Crippen LogP contribution in [0.5, 0.6) is 0 Å². The van der Waals surface area contributed by atoms with Crippen molar-refractivity contribution in [1.29, 1.82) is 0 Å². The molecule has 0 bridgehead atoms. The lowest BCUT2D eigenvalue weighted by Gasteiger charge is -2.26. The average Bonchev–Trinajstić information content (AvgIpc) is 2.26. The van der Waals surface area contributed by atoms with Crippen molar-refractivity contribution in [2.24, 2.45) is 0 Å². The molecule has 1 fully saturated rings. The summed E-state index contributed by atoms with van der Waals surface area (Å²) in [5, 5.41) is 0. The maximum absolute atomic E-state index is 11.8. The minimum Gasteiger partial charge on any atom is -0.443 e. The summed E-state index contributed by atoms with van der Waals surface area (Å²) in [5.41, 5.74) is -0.445. The van der Waals surface area contributed by atoms with Gasteiger partial charge in [0.2, 0.25) is 0 Å². The highest BCUT2D eigenvalue weighted by molar-refractivity contribution is 7.80. The molecule has 0 unspecified atom stereocenters. The Balaban J connectivity index is 2.60. The molecule has 1 rings (SSSR count). The topological polar surface area (TPSA) is 29.5 Å². The van der Waals surface area contributed by atoms with Gasteiger partial charge >= 0.3 is 6.09 Å². The third-order valence-corrected chi connectivity index (χ3v) is 2.61. The molecule has 0 aromatic rings. The molecule has 0 aromatic heterocycles. The Labute approximate surface area is 96.8 Å². The number of likely N-dealkylation sites (tertiary alicyclic amines) is 1. The number of hydrogen-bond donors (Lipinski definition) is 0. The lowest BCUT2D eigenvalue weighted by atomic mass is 10.2. The van der Waals surface area contributed by atoms with Crippen LogP contribution < -0.4 is 0 Å². The zero-order valence-corrected chi connectivity index (χ0v) is 10.5. The molecular weight excluding hydrogens is 210 g/mol. The first-order valence-corrected chi connectivity index (χ1v) is 5.84. The van der Waals surface area contributed by atoms with Gasteiger partial charge in [0.25, 0.3) is 0 Å². The van der Waals surface area contributed by atoms with Crippen molar-refractivity contribution < 1.29 is 9.53 Å². The fraction of sp³-hybridized carbons (Fsp3) is 0.818. The van der Waals surface area contributed by atoms with E-state index in [9.17, 15) is 4.79 Å². The van der Waals surface area contributed by atoms with E-state index in [0.717, 1.165) is 30.7 Å². The second-order valence-corrected chi connectivity index (χ2v) is 5.31. The fourth-order valence-electron chi connectivity index (χ4n) is 1.49. The Morgan fingerprint density at radius 3 is 2.60 bits per heavy atom. The second-order valence-electron chi connectivity index (χ2n) is 4.84. The summed E-state index contributed by atoms with van der Waals surface area (Å²) in [6, 6.07) is 0. The molecule has 0 radical (unpaired) electrons. The van der Waals surface area contributed by atoms with Crippen molar-refractivity contribution in [3.8, 4) is 0 Å². The summed E-state index contributed by atoms with van der Waals surface area (Å²) >= 11 is 5.20. The summed E-state index contributed by atoms with van der Waals surface area (Å²) in [4.78, 5) is 14.1. The highest BCUT2D eigenvalue weighted by Gasteiger charge is 2.25. The fourth-order valence-corrected chi connectivity index (χ4v) is 1.80. The molecule has 86 valence electrons. The van der Waals surface area contributed by atoms with Crippen molar-refractivity contribution in [2.75, 3.05) is 6.54 Å². The van der Waals surface area contributed by atoms with E-state index in [4.69, 9.17) is 17.0 Å². The molecule has 1 aliphatic heterocycles. The number of thiocarbonyl (C=S) groups is 1. The van der Waals surface area contributed by atoms with Crippen LogP contribution in [0.2, 0.25) is 0 Å². The van der Waals surface area contributed by atoms with Crippen LogP contribution in [0.15, 0.2) is 0 Å². The molecule has 0 saturated carbocycles. The van der Waals surface area contributed by atoms with E-state index in [2.05, 4.69) is 0 Å². The first-order valence-electron chi connectivity index (χ1n) is 5.43. The Hall–Kier alpha value is -0.640. The quantitative estimate of drug-likeness (QED) is 0.598. The van der Waals surface area contributed by atoms with Crippen LogP contribution in [0.1, 0.15) is 46.5 Å². The van der Waals surface area contributed by atoms with E-state index in [1.807, 2.05) is 20.8 Å². The number of ether oxygens (including phenoxy) is 1. The maximum atomic E-state index is 11.8. The second kappa shape index (κ2) is 4.92. The first kappa shape index (κ1) is 12.4. The van der Waals surface area contributed by atoms with Gasteiger partial charge in [-0.2, -0.15) is 0 Å². The zero-order chi connectivity index (χ0) is 11.5. The van der Waals surface area contributed by atoms with Gasteiger partial charge in [0.1, 0.15) is 5.60 Å². The third-order valence-electron chi connectivity index (χ3n) is 2.19. The molecule has 4 heteroatoms. The van der Waals surface area contributed by atoms with Crippen molar-refractivity contribution in [3.05, 3.63) is 0 Å². The Kier molecular flexibility index (Phi) is 4.08. The van der Waals surface area contributed by atoms with Gasteiger partial charge in [-0.3, -0.25) is 4.90 Å². The van der Waals surface area contributed by atoms with Crippen molar-refractivity contribution in [3.63, 3.8) is 0 Å². The maximum Gasteiger partial charge on any atom is 0.415 e. The predicted octanol–water partition coefficient (Wildman–Crippen LogP) is 3.12. The van der Waals surface area contributed by atoms with Crippen LogP contribution in [-0.4, -0.2) is 28.1 Å². The molecular formula is C11H19NO2S. The normalized spacial score (nSPS) is 18.6. The Morgan fingerprint density at radius 2 is 2.00 bits per heavy atom. The van der Waals surface area contributed by atoms with Crippen molar-refractivity contribution in [2.45, 2.75) is 52.1 Å². The lowest BCUT2D eigenvalue weighted by molar-refractivity contribution is 0.0372. The van der Waals surface area contributed by atoms with Crippen LogP contribution in [0, 0.1) is 0 Å². The molecule has 0 spiro atoms. The van der Waals surface area contributed by atoms with E-state index >= 15 is 0 Å². The van der Waals surface area contributed by atoms with Crippen LogP contribution in [0.4, 0.5) is 4.79 Å². The van der Waals surface area contributed by atoms with Gasteiger partial charge in [0, 0.05) is 6.54 Å². The monoisotopic (exact) mass is 229 g/mol. The highest BCUT2D eigenvalue weighted by atomic mass is 32.1. The Bertz CT molecular complexity index is 258. The van der Waals surface area contributed by atoms with E-state index < -0.39 is 5.60 Å². The standard InChI is InChI=1S/C11H19NO2S/c1-11(2,3)14-10(13)12-8-6-4-5-7-9(12)15/h4-8H2,1-3H3. The first-order chi connectivity index (χ1) is 6.90. The lowest BCUT2D eigenvalue weighted by Crippen LogP contribution is -2.39. The smallest absolute Gasteiger partial charge is 0.415 e. The number of rotatable bonds is 0. The van der Waals surface area contributed by atoms with Gasteiger partial charge in [-0.05, 0) is 40.0 Å². The van der Waals surface area contributed by atoms with Crippen LogP contribution >= 0.6 is 12.2 Å².